The first-order valence-electron chi connectivity index (χ1n) is 7.06. The van der Waals surface area contributed by atoms with E-state index in [1.807, 2.05) is 58.9 Å². The monoisotopic (exact) mass is 384 g/mol. The zero-order chi connectivity index (χ0) is 18.0. The summed E-state index contributed by atoms with van der Waals surface area (Å²) in [6, 6.07) is 0. The lowest BCUT2D eigenvalue weighted by Gasteiger charge is -2.29. The zero-order valence-electron chi connectivity index (χ0n) is 15.1. The summed E-state index contributed by atoms with van der Waals surface area (Å²) >= 11 is 0. The summed E-state index contributed by atoms with van der Waals surface area (Å²) in [6.07, 6.45) is 0. The van der Waals surface area contributed by atoms with Crippen molar-refractivity contribution in [1.29, 1.82) is 0 Å². The minimum Gasteiger partial charge on any atom is -0.540 e. The Balaban J connectivity index is 5.19. The van der Waals surface area contributed by atoms with E-state index in [1.54, 1.807) is 0 Å². The highest BCUT2D eigenvalue weighted by Gasteiger charge is 2.41. The molecule has 0 N–H and O–H groups in total. The van der Waals surface area contributed by atoms with Crippen molar-refractivity contribution in [2.24, 2.45) is 0 Å². The topological polar surface area (TPSA) is 71.1 Å². The smallest absolute Gasteiger partial charge is 0.512 e. The fourth-order valence-electron chi connectivity index (χ4n) is 1.29. The van der Waals surface area contributed by atoms with Crippen molar-refractivity contribution in [2.75, 3.05) is 0 Å². The van der Waals surface area contributed by atoms with Crippen LogP contribution in [0.15, 0.2) is 12.3 Å². The molecular formula is C12H29O6PSi3. The van der Waals surface area contributed by atoms with Gasteiger partial charge >= 0.3 is 13.8 Å². The van der Waals surface area contributed by atoms with Crippen LogP contribution in [0.25, 0.3) is 0 Å². The predicted octanol–water partition coefficient (Wildman–Crippen LogP) is 4.71. The molecule has 10 heteroatoms. The lowest BCUT2D eigenvalue weighted by Crippen LogP contribution is -2.32. The molecular weight excluding hydrogens is 355 g/mol. The molecule has 0 bridgehead atoms. The van der Waals surface area contributed by atoms with Crippen LogP contribution in [-0.4, -0.2) is 30.9 Å². The van der Waals surface area contributed by atoms with E-state index in [9.17, 15) is 9.36 Å². The van der Waals surface area contributed by atoms with E-state index in [4.69, 9.17) is 17.4 Å². The van der Waals surface area contributed by atoms with E-state index in [1.165, 1.54) is 0 Å². The minimum absolute atomic E-state index is 0.169. The van der Waals surface area contributed by atoms with Crippen molar-refractivity contribution in [3.05, 3.63) is 12.3 Å². The molecule has 0 amide bonds. The third kappa shape index (κ3) is 10.5. The van der Waals surface area contributed by atoms with Crippen LogP contribution >= 0.6 is 7.82 Å². The van der Waals surface area contributed by atoms with Gasteiger partial charge in [-0.15, -0.1) is 0 Å². The molecule has 0 aliphatic carbocycles. The molecule has 0 aromatic carbocycles. The lowest BCUT2D eigenvalue weighted by molar-refractivity contribution is -0.133. The molecule has 0 spiro atoms. The van der Waals surface area contributed by atoms with Crippen LogP contribution in [-0.2, 0) is 26.7 Å². The van der Waals surface area contributed by atoms with Gasteiger partial charge in [-0.2, -0.15) is 0 Å². The second kappa shape index (κ2) is 7.14. The molecule has 0 atom stereocenters. The van der Waals surface area contributed by atoms with Gasteiger partial charge in [0.15, 0.2) is 22.4 Å². The summed E-state index contributed by atoms with van der Waals surface area (Å²) in [4.78, 5) is 12.1. The number of hydrogen-bond acceptors (Lipinski definition) is 6. The Morgan fingerprint density at radius 1 is 0.818 bits per heavy atom. The van der Waals surface area contributed by atoms with Crippen LogP contribution in [0.1, 0.15) is 0 Å². The molecule has 130 valence electrons. The Morgan fingerprint density at radius 3 is 1.45 bits per heavy atom. The first kappa shape index (κ1) is 21.8. The predicted molar refractivity (Wildman–Crippen MR) is 96.1 cm³/mol. The third-order valence-corrected chi connectivity index (χ3v) is 9.04. The zero-order valence-corrected chi connectivity index (χ0v) is 19.0. The van der Waals surface area contributed by atoms with E-state index < -0.39 is 38.7 Å². The van der Waals surface area contributed by atoms with Crippen molar-refractivity contribution >= 4 is 38.7 Å². The maximum atomic E-state index is 12.8. The summed E-state index contributed by atoms with van der Waals surface area (Å²) in [7, 11) is -10.5. The van der Waals surface area contributed by atoms with Crippen molar-refractivity contribution in [3.63, 3.8) is 0 Å². The molecule has 0 rings (SSSR count). The van der Waals surface area contributed by atoms with Crippen LogP contribution in [0.5, 0.6) is 0 Å². The SMILES string of the molecule is C=C(O[Si](C)(C)C)C(=O)OP(=O)(O[Si](C)(C)C)O[Si](C)(C)C. The summed E-state index contributed by atoms with van der Waals surface area (Å²) < 4.78 is 34.4. The molecule has 0 fully saturated rings. The van der Waals surface area contributed by atoms with Crippen LogP contribution in [0.3, 0.4) is 0 Å². The Morgan fingerprint density at radius 2 is 1.18 bits per heavy atom. The quantitative estimate of drug-likeness (QED) is 0.261. The fraction of sp³-hybridized carbons (Fsp3) is 0.750. The van der Waals surface area contributed by atoms with Gasteiger partial charge in [0, 0.05) is 0 Å². The van der Waals surface area contributed by atoms with Gasteiger partial charge in [-0.1, -0.05) is 6.58 Å². The molecule has 0 aromatic rings. The van der Waals surface area contributed by atoms with Crippen molar-refractivity contribution in [3.8, 4) is 0 Å². The standard InChI is InChI=1S/C12H29O6PSi3/c1-11(16-20(2,3)4)12(13)15-19(14,17-21(5,6)7)18-22(8,9)10/h1H2,2-10H3. The van der Waals surface area contributed by atoms with Crippen LogP contribution in [0.4, 0.5) is 0 Å². The molecule has 0 aromatic heterocycles. The molecule has 0 unspecified atom stereocenters. The maximum absolute atomic E-state index is 12.8. The summed E-state index contributed by atoms with van der Waals surface area (Å²) in [5.74, 6) is -1.07. The molecule has 0 saturated carbocycles. The largest absolute Gasteiger partial charge is 0.540 e. The van der Waals surface area contributed by atoms with Gasteiger partial charge in [-0.3, -0.25) is 0 Å². The molecule has 0 radical (unpaired) electrons. The van der Waals surface area contributed by atoms with Crippen molar-refractivity contribution in [2.45, 2.75) is 58.9 Å². The molecule has 6 nitrogen and oxygen atoms in total. The summed E-state index contributed by atoms with van der Waals surface area (Å²) in [6.45, 7) is 20.3. The van der Waals surface area contributed by atoms with Crippen LogP contribution < -0.4 is 0 Å². The highest BCUT2D eigenvalue weighted by Crippen LogP contribution is 2.54. The van der Waals surface area contributed by atoms with Crippen molar-refractivity contribution < 1.29 is 26.7 Å². The van der Waals surface area contributed by atoms with Gasteiger partial charge in [-0.05, 0) is 58.9 Å². The van der Waals surface area contributed by atoms with Gasteiger partial charge in [0.25, 0.3) is 0 Å². The number of carbonyl (C=O) groups excluding carboxylic acids is 1. The molecule has 22 heavy (non-hydrogen) atoms. The fourth-order valence-corrected chi connectivity index (χ4v) is 8.57. The normalized spacial score (nSPS) is 13.7. The second-order valence-corrected chi connectivity index (χ2v) is 23.3. The van der Waals surface area contributed by atoms with E-state index in [0.717, 1.165) is 0 Å². The van der Waals surface area contributed by atoms with E-state index in [-0.39, 0.29) is 5.76 Å². The van der Waals surface area contributed by atoms with Crippen LogP contribution in [0.2, 0.25) is 58.9 Å². The Labute approximate surface area is 137 Å². The van der Waals surface area contributed by atoms with Gasteiger partial charge in [-0.25, -0.2) is 9.36 Å². The van der Waals surface area contributed by atoms with E-state index in [0.29, 0.717) is 0 Å². The molecule has 0 heterocycles. The molecule has 0 aliphatic heterocycles. The number of hydrogen-bond donors (Lipinski definition) is 0. The Hall–Kier alpha value is -0.189. The Kier molecular flexibility index (Phi) is 7.08. The third-order valence-electron chi connectivity index (χ3n) is 1.62. The van der Waals surface area contributed by atoms with Crippen LogP contribution in [0, 0.1) is 0 Å². The second-order valence-electron chi connectivity index (χ2n) is 7.87. The number of rotatable bonds is 8. The van der Waals surface area contributed by atoms with Gasteiger partial charge < -0.3 is 17.4 Å². The minimum atomic E-state index is -3.99. The lowest BCUT2D eigenvalue weighted by atomic mass is 10.6. The summed E-state index contributed by atoms with van der Waals surface area (Å²) in [5, 5.41) is 0. The number of carbonyl (C=O) groups is 1. The average Bonchev–Trinajstić information content (AvgIpc) is 2.06. The average molecular weight is 385 g/mol. The first-order valence-corrected chi connectivity index (χ1v) is 18.7. The van der Waals surface area contributed by atoms with Crippen molar-refractivity contribution in [1.82, 2.24) is 0 Å². The number of phosphoric acid groups is 1. The summed E-state index contributed by atoms with van der Waals surface area (Å²) in [5.41, 5.74) is 0. The first-order chi connectivity index (χ1) is 9.43. The highest BCUT2D eigenvalue weighted by molar-refractivity contribution is 7.52. The van der Waals surface area contributed by atoms with Gasteiger partial charge in [0.05, 0.1) is 0 Å². The molecule has 0 aliphatic rings. The maximum Gasteiger partial charge on any atom is 0.512 e. The van der Waals surface area contributed by atoms with Gasteiger partial charge in [0.1, 0.15) is 0 Å². The van der Waals surface area contributed by atoms with E-state index in [2.05, 4.69) is 6.58 Å². The Bertz CT molecular complexity index is 453. The van der Waals surface area contributed by atoms with Gasteiger partial charge in [0.2, 0.25) is 8.32 Å². The van der Waals surface area contributed by atoms with E-state index >= 15 is 0 Å². The highest BCUT2D eigenvalue weighted by atomic mass is 31.2. The molecule has 0 saturated heterocycles.